The molecule has 0 spiro atoms. The molecular formula is C8H12BrN3O2S. The van der Waals surface area contributed by atoms with Gasteiger partial charge in [-0.05, 0) is 13.3 Å². The van der Waals surface area contributed by atoms with Gasteiger partial charge >= 0.3 is 0 Å². The quantitative estimate of drug-likeness (QED) is 0.826. The molecule has 1 aliphatic rings. The smallest absolute Gasteiger partial charge is 0.260 e. The molecule has 1 aromatic rings. The number of rotatable bonds is 2. The molecule has 15 heavy (non-hydrogen) atoms. The second kappa shape index (κ2) is 3.88. The predicted octanol–water partition coefficient (Wildman–Crippen LogP) is 0.956. The van der Waals surface area contributed by atoms with E-state index in [1.54, 1.807) is 0 Å². The number of hydrogen-bond donors (Lipinski definition) is 1. The van der Waals surface area contributed by atoms with Crippen molar-refractivity contribution in [3.8, 4) is 0 Å². The number of alkyl halides is 1. The molecule has 2 heterocycles. The molecule has 1 aromatic heterocycles. The molecular weight excluding hydrogens is 282 g/mol. The predicted molar refractivity (Wildman–Crippen MR) is 59.3 cm³/mol. The van der Waals surface area contributed by atoms with Gasteiger partial charge in [-0.2, -0.15) is 4.31 Å². The average Bonchev–Trinajstić information content (AvgIpc) is 2.74. The summed E-state index contributed by atoms with van der Waals surface area (Å²) >= 11 is 3.44. The summed E-state index contributed by atoms with van der Waals surface area (Å²) in [5, 5.41) is 0.163. The Morgan fingerprint density at radius 3 is 2.87 bits per heavy atom. The van der Waals surface area contributed by atoms with E-state index in [-0.39, 0.29) is 15.9 Å². The lowest BCUT2D eigenvalue weighted by Crippen LogP contribution is -2.34. The highest BCUT2D eigenvalue weighted by Gasteiger charge is 2.37. The minimum Gasteiger partial charge on any atom is -0.335 e. The van der Waals surface area contributed by atoms with Crippen LogP contribution >= 0.6 is 15.9 Å². The number of aromatic amines is 1. The molecule has 0 saturated carbocycles. The first-order chi connectivity index (χ1) is 7.01. The van der Waals surface area contributed by atoms with Crippen molar-refractivity contribution < 1.29 is 8.42 Å². The largest absolute Gasteiger partial charge is 0.335 e. The summed E-state index contributed by atoms with van der Waals surface area (Å²) in [6.45, 7) is 2.43. The van der Waals surface area contributed by atoms with Crippen LogP contribution in [0.15, 0.2) is 17.6 Å². The molecule has 2 unspecified atom stereocenters. The van der Waals surface area contributed by atoms with Crippen LogP contribution in [0.25, 0.3) is 0 Å². The Kier molecular flexibility index (Phi) is 2.87. The van der Waals surface area contributed by atoms with E-state index in [4.69, 9.17) is 0 Å². The van der Waals surface area contributed by atoms with Gasteiger partial charge in [-0.15, -0.1) is 0 Å². The Balaban J connectivity index is 2.31. The van der Waals surface area contributed by atoms with Gasteiger partial charge < -0.3 is 4.98 Å². The van der Waals surface area contributed by atoms with Crippen molar-refractivity contribution in [1.82, 2.24) is 14.3 Å². The molecule has 5 nitrogen and oxygen atoms in total. The zero-order valence-corrected chi connectivity index (χ0v) is 10.6. The van der Waals surface area contributed by atoms with Crippen LogP contribution in [-0.2, 0) is 10.0 Å². The van der Waals surface area contributed by atoms with Crippen molar-refractivity contribution in [2.24, 2.45) is 0 Å². The van der Waals surface area contributed by atoms with Crippen molar-refractivity contribution >= 4 is 26.0 Å². The van der Waals surface area contributed by atoms with E-state index in [1.807, 2.05) is 6.92 Å². The molecule has 1 aliphatic heterocycles. The summed E-state index contributed by atoms with van der Waals surface area (Å²) in [7, 11) is -3.39. The summed E-state index contributed by atoms with van der Waals surface area (Å²) in [6, 6.07) is 0.0303. The van der Waals surface area contributed by atoms with Gasteiger partial charge in [0, 0.05) is 17.4 Å². The van der Waals surface area contributed by atoms with Crippen molar-refractivity contribution in [2.45, 2.75) is 29.2 Å². The summed E-state index contributed by atoms with van der Waals surface area (Å²) in [4.78, 5) is 6.61. The van der Waals surface area contributed by atoms with Crippen LogP contribution in [0.4, 0.5) is 0 Å². The van der Waals surface area contributed by atoms with E-state index in [0.29, 0.717) is 6.54 Å². The number of nitrogens with one attached hydrogen (secondary N) is 1. The molecule has 0 amide bonds. The third-order valence-electron chi connectivity index (χ3n) is 2.53. The maximum Gasteiger partial charge on any atom is 0.260 e. The highest BCUT2D eigenvalue weighted by Crippen LogP contribution is 2.28. The average molecular weight is 294 g/mol. The number of halogens is 1. The first kappa shape index (κ1) is 11.1. The van der Waals surface area contributed by atoms with E-state index in [0.717, 1.165) is 6.42 Å². The van der Waals surface area contributed by atoms with Crippen LogP contribution < -0.4 is 0 Å². The molecule has 0 aliphatic carbocycles. The number of hydrogen-bond acceptors (Lipinski definition) is 3. The fourth-order valence-electron chi connectivity index (χ4n) is 1.78. The fourth-order valence-corrected chi connectivity index (χ4v) is 4.41. The van der Waals surface area contributed by atoms with Crippen molar-refractivity contribution in [3.05, 3.63) is 12.5 Å². The summed E-state index contributed by atoms with van der Waals surface area (Å²) in [6.07, 6.45) is 3.55. The van der Waals surface area contributed by atoms with Gasteiger partial charge in [0.1, 0.15) is 0 Å². The Labute approximate surface area is 97.1 Å². The third kappa shape index (κ3) is 1.95. The van der Waals surface area contributed by atoms with E-state index >= 15 is 0 Å². The highest BCUT2D eigenvalue weighted by atomic mass is 79.9. The molecule has 1 N–H and O–H groups in total. The minimum atomic E-state index is -3.39. The second-order valence-corrected chi connectivity index (χ2v) is 6.83. The second-order valence-electron chi connectivity index (χ2n) is 3.67. The van der Waals surface area contributed by atoms with Gasteiger partial charge in [-0.25, -0.2) is 13.4 Å². The van der Waals surface area contributed by atoms with Crippen LogP contribution in [0.1, 0.15) is 13.3 Å². The van der Waals surface area contributed by atoms with E-state index in [1.165, 1.54) is 16.8 Å². The molecule has 1 saturated heterocycles. The maximum atomic E-state index is 12.1. The van der Waals surface area contributed by atoms with Gasteiger partial charge in [0.25, 0.3) is 10.0 Å². The lowest BCUT2D eigenvalue weighted by atomic mass is 10.3. The molecule has 7 heteroatoms. The molecule has 1 fully saturated rings. The first-order valence-electron chi connectivity index (χ1n) is 4.66. The number of aromatic nitrogens is 2. The molecule has 2 rings (SSSR count). The van der Waals surface area contributed by atoms with Gasteiger partial charge in [0.05, 0.1) is 12.5 Å². The van der Waals surface area contributed by atoms with Crippen molar-refractivity contribution in [1.29, 1.82) is 0 Å². The van der Waals surface area contributed by atoms with Crippen molar-refractivity contribution in [2.75, 3.05) is 6.54 Å². The Bertz CT molecular complexity index is 431. The number of nitrogens with zero attached hydrogens (tertiary/aromatic N) is 2. The normalized spacial score (nSPS) is 28.4. The fraction of sp³-hybridized carbons (Fsp3) is 0.625. The van der Waals surface area contributed by atoms with Crippen LogP contribution in [-0.4, -0.2) is 40.1 Å². The number of H-pyrrole nitrogens is 1. The standard InChI is InChI=1S/C8H12BrN3O2S/c1-6-2-7(9)4-12(6)15(13,14)8-3-10-5-11-8/h3,5-7H,2,4H2,1H3,(H,10,11). The summed E-state index contributed by atoms with van der Waals surface area (Å²) in [5.74, 6) is 0. The lowest BCUT2D eigenvalue weighted by molar-refractivity contribution is 0.407. The number of imidazole rings is 1. The zero-order chi connectivity index (χ0) is 11.1. The van der Waals surface area contributed by atoms with Gasteiger partial charge in [-0.1, -0.05) is 15.9 Å². The molecule has 0 radical (unpaired) electrons. The minimum absolute atomic E-state index is 0.0303. The third-order valence-corrected chi connectivity index (χ3v) is 5.10. The van der Waals surface area contributed by atoms with Crippen LogP contribution in [0.2, 0.25) is 0 Å². The van der Waals surface area contributed by atoms with Crippen molar-refractivity contribution in [3.63, 3.8) is 0 Å². The van der Waals surface area contributed by atoms with Gasteiger partial charge in [0.2, 0.25) is 0 Å². The summed E-state index contributed by atoms with van der Waals surface area (Å²) < 4.78 is 25.7. The highest BCUT2D eigenvalue weighted by molar-refractivity contribution is 9.09. The first-order valence-corrected chi connectivity index (χ1v) is 7.01. The Hall–Kier alpha value is -0.400. The van der Waals surface area contributed by atoms with Crippen LogP contribution in [0.3, 0.4) is 0 Å². The molecule has 0 aromatic carbocycles. The van der Waals surface area contributed by atoms with Crippen LogP contribution in [0, 0.1) is 0 Å². The Morgan fingerprint density at radius 2 is 2.40 bits per heavy atom. The van der Waals surface area contributed by atoms with Crippen LogP contribution in [0.5, 0.6) is 0 Å². The lowest BCUT2D eigenvalue weighted by Gasteiger charge is -2.19. The zero-order valence-electron chi connectivity index (χ0n) is 8.22. The van der Waals surface area contributed by atoms with Gasteiger partial charge in [0.15, 0.2) is 5.03 Å². The van der Waals surface area contributed by atoms with E-state index in [2.05, 4.69) is 25.9 Å². The molecule has 0 bridgehead atoms. The molecule has 84 valence electrons. The van der Waals surface area contributed by atoms with E-state index < -0.39 is 10.0 Å². The topological polar surface area (TPSA) is 66.1 Å². The SMILES string of the molecule is CC1CC(Br)CN1S(=O)(=O)c1cnc[nH]1. The summed E-state index contributed by atoms with van der Waals surface area (Å²) in [5.41, 5.74) is 0. The monoisotopic (exact) mass is 293 g/mol. The van der Waals surface area contributed by atoms with Gasteiger partial charge in [-0.3, -0.25) is 0 Å². The Morgan fingerprint density at radius 1 is 1.67 bits per heavy atom. The molecule has 2 atom stereocenters. The maximum absolute atomic E-state index is 12.1. The van der Waals surface area contributed by atoms with E-state index in [9.17, 15) is 8.42 Å². The number of sulfonamides is 1.